The van der Waals surface area contributed by atoms with Gasteiger partial charge < -0.3 is 10.2 Å². The summed E-state index contributed by atoms with van der Waals surface area (Å²) in [5, 5.41) is 19.1. The molecule has 0 aliphatic rings. The fraction of sp³-hybridized carbons (Fsp3) is 0.250. The van der Waals surface area contributed by atoms with Gasteiger partial charge in [0.2, 0.25) is 0 Å². The van der Waals surface area contributed by atoms with E-state index in [0.29, 0.717) is 11.7 Å². The minimum Gasteiger partial charge on any atom is -0.508 e. The molecule has 2 heteroatoms. The van der Waals surface area contributed by atoms with Crippen molar-refractivity contribution in [3.63, 3.8) is 0 Å². The number of hydrogen-bond donors (Lipinski definition) is 2. The summed E-state index contributed by atoms with van der Waals surface area (Å²) < 4.78 is 0. The van der Waals surface area contributed by atoms with Crippen molar-refractivity contribution in [2.24, 2.45) is 5.92 Å². The Morgan fingerprint density at radius 1 is 0.889 bits per heavy atom. The first kappa shape index (κ1) is 12.5. The average molecular weight is 242 g/mol. The minimum absolute atomic E-state index is 0.264. The van der Waals surface area contributed by atoms with Gasteiger partial charge in [0, 0.05) is 0 Å². The predicted octanol–water partition coefficient (Wildman–Crippen LogP) is 3.96. The van der Waals surface area contributed by atoms with Crippen molar-refractivity contribution in [2.45, 2.75) is 20.3 Å². The number of hydrogen-bond acceptors (Lipinski definition) is 2. The highest BCUT2D eigenvalue weighted by atomic mass is 16.3. The van der Waals surface area contributed by atoms with E-state index in [0.717, 1.165) is 23.1 Å². The van der Waals surface area contributed by atoms with E-state index < -0.39 is 0 Å². The van der Waals surface area contributed by atoms with Crippen molar-refractivity contribution in [2.75, 3.05) is 0 Å². The normalized spacial score (nSPS) is 10.8. The van der Waals surface area contributed by atoms with Crippen LogP contribution < -0.4 is 0 Å². The molecule has 2 aromatic carbocycles. The lowest BCUT2D eigenvalue weighted by molar-refractivity contribution is 0.462. The van der Waals surface area contributed by atoms with Crippen LogP contribution >= 0.6 is 0 Å². The second kappa shape index (κ2) is 5.13. The van der Waals surface area contributed by atoms with Crippen molar-refractivity contribution in [3.05, 3.63) is 48.0 Å². The SMILES string of the molecule is CC(C)Cc1cc(-c2ccc(O)cc2)ccc1O. The van der Waals surface area contributed by atoms with Gasteiger partial charge in [0.05, 0.1) is 0 Å². The van der Waals surface area contributed by atoms with Crippen LogP contribution in [0.25, 0.3) is 11.1 Å². The molecular weight excluding hydrogens is 224 g/mol. The summed E-state index contributed by atoms with van der Waals surface area (Å²) in [6, 6.07) is 12.7. The van der Waals surface area contributed by atoms with Crippen molar-refractivity contribution in [1.29, 1.82) is 0 Å². The zero-order chi connectivity index (χ0) is 13.1. The molecule has 0 unspecified atom stereocenters. The third-order valence-corrected chi connectivity index (χ3v) is 2.91. The van der Waals surface area contributed by atoms with E-state index in [9.17, 15) is 10.2 Å². The molecular formula is C16H18O2. The lowest BCUT2D eigenvalue weighted by atomic mass is 9.97. The van der Waals surface area contributed by atoms with Gasteiger partial charge in [-0.05, 0) is 53.3 Å². The van der Waals surface area contributed by atoms with Crippen LogP contribution in [0.2, 0.25) is 0 Å². The Kier molecular flexibility index (Phi) is 3.56. The first-order valence-electron chi connectivity index (χ1n) is 6.17. The first-order chi connectivity index (χ1) is 8.56. The molecule has 0 spiro atoms. The molecule has 0 fully saturated rings. The number of phenolic OH excluding ortho intramolecular Hbond substituents is 2. The molecule has 2 aromatic rings. The van der Waals surface area contributed by atoms with Crippen LogP contribution in [0.5, 0.6) is 11.5 Å². The fourth-order valence-corrected chi connectivity index (χ4v) is 2.02. The van der Waals surface area contributed by atoms with Crippen molar-refractivity contribution in [3.8, 4) is 22.6 Å². The summed E-state index contributed by atoms with van der Waals surface area (Å²) in [7, 11) is 0. The van der Waals surface area contributed by atoms with Gasteiger partial charge in [-0.15, -0.1) is 0 Å². The quantitative estimate of drug-likeness (QED) is 0.855. The molecule has 0 saturated carbocycles. The number of benzene rings is 2. The zero-order valence-electron chi connectivity index (χ0n) is 10.7. The lowest BCUT2D eigenvalue weighted by Gasteiger charge is -2.10. The Hall–Kier alpha value is -1.96. The second-order valence-electron chi connectivity index (χ2n) is 4.99. The van der Waals surface area contributed by atoms with Crippen molar-refractivity contribution >= 4 is 0 Å². The van der Waals surface area contributed by atoms with Gasteiger partial charge in [0.15, 0.2) is 0 Å². The Balaban J connectivity index is 2.37. The third kappa shape index (κ3) is 2.83. The molecule has 18 heavy (non-hydrogen) atoms. The molecule has 0 aliphatic carbocycles. The van der Waals surface area contributed by atoms with Crippen molar-refractivity contribution < 1.29 is 10.2 Å². The Labute approximate surface area is 108 Å². The molecule has 2 N–H and O–H groups in total. The van der Waals surface area contributed by atoms with Gasteiger partial charge in [0.25, 0.3) is 0 Å². The highest BCUT2D eigenvalue weighted by molar-refractivity contribution is 5.66. The average Bonchev–Trinajstić information content (AvgIpc) is 2.32. The maximum atomic E-state index is 9.83. The fourth-order valence-electron chi connectivity index (χ4n) is 2.02. The van der Waals surface area contributed by atoms with Gasteiger partial charge in [-0.3, -0.25) is 0 Å². The van der Waals surface area contributed by atoms with Crippen LogP contribution in [-0.2, 0) is 6.42 Å². The molecule has 94 valence electrons. The van der Waals surface area contributed by atoms with Gasteiger partial charge in [-0.1, -0.05) is 32.0 Å². The molecule has 0 bridgehead atoms. The third-order valence-electron chi connectivity index (χ3n) is 2.91. The van der Waals surface area contributed by atoms with Crippen LogP contribution in [-0.4, -0.2) is 10.2 Å². The first-order valence-corrected chi connectivity index (χ1v) is 6.17. The van der Waals surface area contributed by atoms with E-state index in [-0.39, 0.29) is 5.75 Å². The van der Waals surface area contributed by atoms with Crippen molar-refractivity contribution in [1.82, 2.24) is 0 Å². The van der Waals surface area contributed by atoms with Gasteiger partial charge in [-0.25, -0.2) is 0 Å². The molecule has 0 aromatic heterocycles. The Morgan fingerprint density at radius 2 is 1.50 bits per heavy atom. The standard InChI is InChI=1S/C16H18O2/c1-11(2)9-14-10-13(5-8-16(14)18)12-3-6-15(17)7-4-12/h3-8,10-11,17-18H,9H2,1-2H3. The van der Waals surface area contributed by atoms with E-state index in [4.69, 9.17) is 0 Å². The van der Waals surface area contributed by atoms with E-state index in [1.807, 2.05) is 24.3 Å². The monoisotopic (exact) mass is 242 g/mol. The van der Waals surface area contributed by atoms with E-state index in [1.54, 1.807) is 18.2 Å². The van der Waals surface area contributed by atoms with E-state index >= 15 is 0 Å². The van der Waals surface area contributed by atoms with Crippen LogP contribution in [0, 0.1) is 5.92 Å². The number of phenols is 2. The molecule has 0 aliphatic heterocycles. The highest BCUT2D eigenvalue weighted by Crippen LogP contribution is 2.28. The smallest absolute Gasteiger partial charge is 0.118 e. The molecule has 2 nitrogen and oxygen atoms in total. The van der Waals surface area contributed by atoms with Gasteiger partial charge in [-0.2, -0.15) is 0 Å². The summed E-state index contributed by atoms with van der Waals surface area (Å²) in [5.41, 5.74) is 3.07. The zero-order valence-corrected chi connectivity index (χ0v) is 10.7. The summed E-state index contributed by atoms with van der Waals surface area (Å²) in [6.45, 7) is 4.26. The van der Waals surface area contributed by atoms with Crippen LogP contribution in [0.15, 0.2) is 42.5 Å². The van der Waals surface area contributed by atoms with Gasteiger partial charge in [0.1, 0.15) is 11.5 Å². The Morgan fingerprint density at radius 3 is 2.11 bits per heavy atom. The van der Waals surface area contributed by atoms with Gasteiger partial charge >= 0.3 is 0 Å². The summed E-state index contributed by atoms with van der Waals surface area (Å²) >= 11 is 0. The predicted molar refractivity (Wildman–Crippen MR) is 73.7 cm³/mol. The van der Waals surface area contributed by atoms with Crippen LogP contribution in [0.4, 0.5) is 0 Å². The molecule has 2 rings (SSSR count). The lowest BCUT2D eigenvalue weighted by Crippen LogP contribution is -1.95. The van der Waals surface area contributed by atoms with Crippen LogP contribution in [0.1, 0.15) is 19.4 Å². The summed E-state index contributed by atoms with van der Waals surface area (Å²) in [6.07, 6.45) is 0.859. The number of aromatic hydroxyl groups is 2. The van der Waals surface area contributed by atoms with E-state index in [2.05, 4.69) is 13.8 Å². The van der Waals surface area contributed by atoms with Crippen LogP contribution in [0.3, 0.4) is 0 Å². The summed E-state index contributed by atoms with van der Waals surface area (Å²) in [4.78, 5) is 0. The number of rotatable bonds is 3. The van der Waals surface area contributed by atoms with E-state index in [1.165, 1.54) is 0 Å². The largest absolute Gasteiger partial charge is 0.508 e. The summed E-state index contributed by atoms with van der Waals surface area (Å²) in [5.74, 6) is 1.12. The highest BCUT2D eigenvalue weighted by Gasteiger charge is 2.06. The molecule has 0 amide bonds. The maximum Gasteiger partial charge on any atom is 0.118 e. The molecule has 0 heterocycles. The molecule has 0 atom stereocenters. The second-order valence-corrected chi connectivity index (χ2v) is 4.99. The topological polar surface area (TPSA) is 40.5 Å². The maximum absolute atomic E-state index is 9.83. The molecule has 0 radical (unpaired) electrons. The minimum atomic E-state index is 0.264. The molecule has 0 saturated heterocycles. The Bertz CT molecular complexity index is 527.